The third-order valence-electron chi connectivity index (χ3n) is 3.51. The highest BCUT2D eigenvalue weighted by Gasteiger charge is 2.26. The Morgan fingerprint density at radius 3 is 3.05 bits per heavy atom. The van der Waals surface area contributed by atoms with E-state index in [-0.39, 0.29) is 11.5 Å². The number of fused-ring (bicyclic) bond motifs is 1. The maximum Gasteiger partial charge on any atom is 0.256 e. The van der Waals surface area contributed by atoms with Crippen molar-refractivity contribution in [1.82, 2.24) is 29.6 Å². The van der Waals surface area contributed by atoms with E-state index in [1.165, 1.54) is 6.33 Å². The van der Waals surface area contributed by atoms with Gasteiger partial charge in [-0.3, -0.25) is 14.3 Å². The summed E-state index contributed by atoms with van der Waals surface area (Å²) in [5.74, 6) is 0.615. The maximum absolute atomic E-state index is 12.2. The fourth-order valence-electron chi connectivity index (χ4n) is 2.47. The molecule has 0 saturated carbocycles. The van der Waals surface area contributed by atoms with E-state index in [2.05, 4.69) is 20.1 Å². The SMILES string of the molecule is Cc1nc2c(c(=O)[nH]1)CN(C(=O)CCCn1cncn1)C2. The molecule has 110 valence electrons. The minimum absolute atomic E-state index is 0.0326. The summed E-state index contributed by atoms with van der Waals surface area (Å²) < 4.78 is 1.70. The molecular weight excluding hydrogens is 272 g/mol. The molecule has 0 radical (unpaired) electrons. The van der Waals surface area contributed by atoms with Crippen LogP contribution in [0.5, 0.6) is 0 Å². The number of aromatic amines is 1. The molecule has 0 saturated heterocycles. The zero-order valence-corrected chi connectivity index (χ0v) is 11.7. The molecule has 2 aromatic rings. The van der Waals surface area contributed by atoms with Crippen LogP contribution in [-0.4, -0.2) is 35.5 Å². The van der Waals surface area contributed by atoms with E-state index < -0.39 is 0 Å². The Morgan fingerprint density at radius 2 is 2.29 bits per heavy atom. The first-order chi connectivity index (χ1) is 10.1. The van der Waals surface area contributed by atoms with Crippen LogP contribution in [-0.2, 0) is 24.4 Å². The minimum atomic E-state index is -0.143. The van der Waals surface area contributed by atoms with Crippen LogP contribution in [0.2, 0.25) is 0 Å². The molecule has 1 aliphatic heterocycles. The Labute approximate surface area is 120 Å². The molecule has 1 aliphatic rings. The van der Waals surface area contributed by atoms with Crippen LogP contribution < -0.4 is 5.56 Å². The maximum atomic E-state index is 12.2. The van der Waals surface area contributed by atoms with Crippen molar-refractivity contribution < 1.29 is 4.79 Å². The summed E-state index contributed by atoms with van der Waals surface area (Å²) in [4.78, 5) is 36.5. The number of hydrogen-bond donors (Lipinski definition) is 1. The summed E-state index contributed by atoms with van der Waals surface area (Å²) in [6.45, 7) is 3.16. The lowest BCUT2D eigenvalue weighted by Crippen LogP contribution is -2.26. The Balaban J connectivity index is 1.58. The van der Waals surface area contributed by atoms with Crippen LogP contribution in [0.4, 0.5) is 0 Å². The van der Waals surface area contributed by atoms with Crippen molar-refractivity contribution in [3.8, 4) is 0 Å². The molecule has 21 heavy (non-hydrogen) atoms. The molecule has 0 aromatic carbocycles. The molecule has 0 fully saturated rings. The van der Waals surface area contributed by atoms with Crippen molar-refractivity contribution in [1.29, 1.82) is 0 Å². The summed E-state index contributed by atoms with van der Waals surface area (Å²) in [5, 5.41) is 3.99. The predicted molar refractivity (Wildman–Crippen MR) is 73.1 cm³/mol. The van der Waals surface area contributed by atoms with Crippen molar-refractivity contribution in [3.63, 3.8) is 0 Å². The third kappa shape index (κ3) is 2.83. The largest absolute Gasteiger partial charge is 0.332 e. The van der Waals surface area contributed by atoms with Crippen molar-refractivity contribution >= 4 is 5.91 Å². The molecule has 8 heteroatoms. The first-order valence-electron chi connectivity index (χ1n) is 6.82. The smallest absolute Gasteiger partial charge is 0.256 e. The second-order valence-corrected chi connectivity index (χ2v) is 5.09. The van der Waals surface area contributed by atoms with Gasteiger partial charge in [0.1, 0.15) is 18.5 Å². The number of nitrogens with zero attached hydrogens (tertiary/aromatic N) is 5. The summed E-state index contributed by atoms with van der Waals surface area (Å²) in [6.07, 6.45) is 4.21. The van der Waals surface area contributed by atoms with E-state index in [1.807, 2.05) is 0 Å². The molecule has 0 bridgehead atoms. The van der Waals surface area contributed by atoms with Gasteiger partial charge in [0.15, 0.2) is 0 Å². The number of aryl methyl sites for hydroxylation is 2. The van der Waals surface area contributed by atoms with Crippen LogP contribution in [0, 0.1) is 6.92 Å². The van der Waals surface area contributed by atoms with Gasteiger partial charge in [-0.1, -0.05) is 0 Å². The predicted octanol–water partition coefficient (Wildman–Crippen LogP) is -0.00758. The number of carbonyl (C=O) groups is 1. The molecule has 1 N–H and O–H groups in total. The highest BCUT2D eigenvalue weighted by Crippen LogP contribution is 2.18. The van der Waals surface area contributed by atoms with Crippen molar-refractivity contribution in [3.05, 3.63) is 40.1 Å². The van der Waals surface area contributed by atoms with Gasteiger partial charge in [-0.25, -0.2) is 9.97 Å². The van der Waals surface area contributed by atoms with Crippen LogP contribution >= 0.6 is 0 Å². The van der Waals surface area contributed by atoms with Gasteiger partial charge in [0.2, 0.25) is 5.91 Å². The van der Waals surface area contributed by atoms with Crippen LogP contribution in [0.15, 0.2) is 17.4 Å². The van der Waals surface area contributed by atoms with E-state index in [1.54, 1.807) is 22.8 Å². The van der Waals surface area contributed by atoms with Crippen molar-refractivity contribution in [2.75, 3.05) is 0 Å². The fraction of sp³-hybridized carbons (Fsp3) is 0.462. The summed E-state index contributed by atoms with van der Waals surface area (Å²) in [6, 6.07) is 0. The molecule has 3 heterocycles. The van der Waals surface area contributed by atoms with Gasteiger partial charge in [-0.15, -0.1) is 0 Å². The number of H-pyrrole nitrogens is 1. The zero-order valence-electron chi connectivity index (χ0n) is 11.7. The lowest BCUT2D eigenvalue weighted by molar-refractivity contribution is -0.132. The molecule has 0 unspecified atom stereocenters. The quantitative estimate of drug-likeness (QED) is 0.853. The Morgan fingerprint density at radius 1 is 1.43 bits per heavy atom. The molecule has 0 atom stereocenters. The van der Waals surface area contributed by atoms with Crippen LogP contribution in [0.25, 0.3) is 0 Å². The van der Waals surface area contributed by atoms with Gasteiger partial charge < -0.3 is 9.88 Å². The van der Waals surface area contributed by atoms with Gasteiger partial charge in [0.25, 0.3) is 5.56 Å². The Bertz CT molecular complexity index is 706. The van der Waals surface area contributed by atoms with Gasteiger partial charge in [0, 0.05) is 13.0 Å². The number of amides is 1. The minimum Gasteiger partial charge on any atom is -0.332 e. The second-order valence-electron chi connectivity index (χ2n) is 5.09. The number of nitrogens with one attached hydrogen (secondary N) is 1. The Hall–Kier alpha value is -2.51. The second kappa shape index (κ2) is 5.47. The normalized spacial score (nSPS) is 13.5. The molecule has 2 aromatic heterocycles. The molecule has 8 nitrogen and oxygen atoms in total. The molecule has 3 rings (SSSR count). The third-order valence-corrected chi connectivity index (χ3v) is 3.51. The van der Waals surface area contributed by atoms with Gasteiger partial charge >= 0.3 is 0 Å². The standard InChI is InChI=1S/C13H16N6O2/c1-9-16-11-6-18(5-10(11)13(21)17-9)12(20)3-2-4-19-8-14-7-15-19/h7-8H,2-6H2,1H3,(H,16,17,21). The number of hydrogen-bond acceptors (Lipinski definition) is 5. The molecule has 1 amide bonds. The van der Waals surface area contributed by atoms with Crippen LogP contribution in [0.1, 0.15) is 29.9 Å². The molecule has 0 spiro atoms. The highest BCUT2D eigenvalue weighted by molar-refractivity contribution is 5.76. The highest BCUT2D eigenvalue weighted by atomic mass is 16.2. The van der Waals surface area contributed by atoms with Gasteiger partial charge in [-0.2, -0.15) is 5.10 Å². The zero-order chi connectivity index (χ0) is 14.8. The number of rotatable bonds is 4. The molecule has 0 aliphatic carbocycles. The number of aromatic nitrogens is 5. The van der Waals surface area contributed by atoms with Crippen LogP contribution in [0.3, 0.4) is 0 Å². The van der Waals surface area contributed by atoms with E-state index in [9.17, 15) is 9.59 Å². The molecular formula is C13H16N6O2. The lowest BCUT2D eigenvalue weighted by Gasteiger charge is -2.14. The van der Waals surface area contributed by atoms with Crippen molar-refractivity contribution in [2.24, 2.45) is 0 Å². The van der Waals surface area contributed by atoms with E-state index >= 15 is 0 Å². The van der Waals surface area contributed by atoms with Gasteiger partial charge in [0.05, 0.1) is 24.3 Å². The summed E-state index contributed by atoms with van der Waals surface area (Å²) >= 11 is 0. The first-order valence-corrected chi connectivity index (χ1v) is 6.82. The van der Waals surface area contributed by atoms with Crippen molar-refractivity contribution in [2.45, 2.75) is 39.4 Å². The summed E-state index contributed by atoms with van der Waals surface area (Å²) in [7, 11) is 0. The lowest BCUT2D eigenvalue weighted by atomic mass is 10.2. The first kappa shape index (κ1) is 13.5. The van der Waals surface area contributed by atoms with E-state index in [0.29, 0.717) is 49.6 Å². The van der Waals surface area contributed by atoms with E-state index in [0.717, 1.165) is 0 Å². The van der Waals surface area contributed by atoms with E-state index in [4.69, 9.17) is 0 Å². The fourth-order valence-corrected chi connectivity index (χ4v) is 2.47. The monoisotopic (exact) mass is 288 g/mol. The Kier molecular flexibility index (Phi) is 3.51. The topological polar surface area (TPSA) is 96.8 Å². The summed E-state index contributed by atoms with van der Waals surface area (Å²) in [5.41, 5.74) is 1.17. The number of carbonyl (C=O) groups excluding carboxylic acids is 1. The van der Waals surface area contributed by atoms with Gasteiger partial charge in [-0.05, 0) is 13.3 Å². The average molecular weight is 288 g/mol. The average Bonchev–Trinajstić information content (AvgIpc) is 3.07.